The third kappa shape index (κ3) is 2.19. The zero-order valence-electron chi connectivity index (χ0n) is 8.81. The van der Waals surface area contributed by atoms with Gasteiger partial charge < -0.3 is 4.57 Å². The summed E-state index contributed by atoms with van der Waals surface area (Å²) in [4.78, 5) is 8.17. The van der Waals surface area contributed by atoms with E-state index >= 15 is 0 Å². The van der Waals surface area contributed by atoms with E-state index in [1.807, 2.05) is 43.8 Å². The highest BCUT2D eigenvalue weighted by molar-refractivity contribution is 5.53. The normalized spacial score (nSPS) is 9.07. The van der Waals surface area contributed by atoms with E-state index in [-0.39, 0.29) is 0 Å². The maximum Gasteiger partial charge on any atom is 0.139 e. The molecule has 3 nitrogen and oxygen atoms in total. The first kappa shape index (κ1) is 10.4. The van der Waals surface area contributed by atoms with Gasteiger partial charge in [-0.2, -0.15) is 0 Å². The minimum atomic E-state index is 0.970. The van der Waals surface area contributed by atoms with Crippen LogP contribution in [0.5, 0.6) is 0 Å². The van der Waals surface area contributed by atoms with Crippen molar-refractivity contribution in [3.05, 3.63) is 36.9 Å². The van der Waals surface area contributed by atoms with Gasteiger partial charge in [0.2, 0.25) is 0 Å². The van der Waals surface area contributed by atoms with E-state index in [2.05, 4.69) is 9.97 Å². The molecule has 0 aliphatic carbocycles. The summed E-state index contributed by atoms with van der Waals surface area (Å²) in [6.07, 6.45) is 7.25. The van der Waals surface area contributed by atoms with Gasteiger partial charge in [0, 0.05) is 37.4 Å². The molecule has 74 valence electrons. The third-order valence-electron chi connectivity index (χ3n) is 1.76. The van der Waals surface area contributed by atoms with Crippen molar-refractivity contribution in [3.8, 4) is 11.4 Å². The molecule has 0 N–H and O–H groups in total. The summed E-state index contributed by atoms with van der Waals surface area (Å²) in [5.41, 5.74) is 1.09. The Morgan fingerprint density at radius 1 is 1.07 bits per heavy atom. The van der Waals surface area contributed by atoms with Crippen LogP contribution in [0, 0.1) is 0 Å². The standard InChI is InChI=1S/C9H9N3.C2H6/c1-12-7-6-11-9(12)8-2-4-10-5-3-8;1-2/h2-7H,1H3;1-2H3. The third-order valence-corrected chi connectivity index (χ3v) is 1.76. The number of imidazole rings is 1. The first-order valence-corrected chi connectivity index (χ1v) is 4.75. The molecular weight excluding hydrogens is 174 g/mol. The molecule has 0 atom stereocenters. The van der Waals surface area contributed by atoms with E-state index in [0.29, 0.717) is 0 Å². The quantitative estimate of drug-likeness (QED) is 0.690. The number of aromatic nitrogens is 3. The lowest BCUT2D eigenvalue weighted by molar-refractivity contribution is 0.924. The summed E-state index contributed by atoms with van der Waals surface area (Å²) in [7, 11) is 1.97. The summed E-state index contributed by atoms with van der Waals surface area (Å²) >= 11 is 0. The minimum Gasteiger partial charge on any atom is -0.334 e. The molecule has 0 saturated heterocycles. The molecule has 0 bridgehead atoms. The average Bonchev–Trinajstić information content (AvgIpc) is 2.69. The fraction of sp³-hybridized carbons (Fsp3) is 0.273. The van der Waals surface area contributed by atoms with E-state index in [4.69, 9.17) is 0 Å². The molecule has 0 aliphatic rings. The SMILES string of the molecule is CC.Cn1ccnc1-c1ccncc1. The van der Waals surface area contributed by atoms with Crippen molar-refractivity contribution in [2.45, 2.75) is 13.8 Å². The summed E-state index contributed by atoms with van der Waals surface area (Å²) in [5.74, 6) is 0.970. The Kier molecular flexibility index (Phi) is 3.85. The van der Waals surface area contributed by atoms with Crippen LogP contribution in [0.4, 0.5) is 0 Å². The van der Waals surface area contributed by atoms with Gasteiger partial charge in [0.25, 0.3) is 0 Å². The summed E-state index contributed by atoms with van der Waals surface area (Å²) in [5, 5.41) is 0. The number of aryl methyl sites for hydroxylation is 1. The first-order valence-electron chi connectivity index (χ1n) is 4.75. The van der Waals surface area contributed by atoms with Crippen LogP contribution in [-0.4, -0.2) is 14.5 Å². The Bertz CT molecular complexity index is 365. The zero-order valence-corrected chi connectivity index (χ0v) is 8.81. The topological polar surface area (TPSA) is 30.7 Å². The van der Waals surface area contributed by atoms with Crippen molar-refractivity contribution in [2.75, 3.05) is 0 Å². The van der Waals surface area contributed by atoms with Crippen LogP contribution >= 0.6 is 0 Å². The molecule has 3 heteroatoms. The Hall–Kier alpha value is -1.64. The lowest BCUT2D eigenvalue weighted by Gasteiger charge is -1.99. The molecule has 0 aromatic carbocycles. The summed E-state index contributed by atoms with van der Waals surface area (Å²) < 4.78 is 1.98. The Morgan fingerprint density at radius 3 is 2.21 bits per heavy atom. The van der Waals surface area contributed by atoms with Crippen molar-refractivity contribution >= 4 is 0 Å². The largest absolute Gasteiger partial charge is 0.334 e. The van der Waals surface area contributed by atoms with Crippen molar-refractivity contribution < 1.29 is 0 Å². The predicted octanol–water partition coefficient (Wildman–Crippen LogP) is 2.51. The average molecular weight is 189 g/mol. The van der Waals surface area contributed by atoms with Crippen molar-refractivity contribution in [1.82, 2.24) is 14.5 Å². The summed E-state index contributed by atoms with van der Waals surface area (Å²) in [6.45, 7) is 4.00. The van der Waals surface area contributed by atoms with Gasteiger partial charge in [-0.25, -0.2) is 4.98 Å². The number of pyridine rings is 1. The lowest BCUT2D eigenvalue weighted by atomic mass is 10.2. The molecule has 0 radical (unpaired) electrons. The van der Waals surface area contributed by atoms with Gasteiger partial charge >= 0.3 is 0 Å². The number of hydrogen-bond acceptors (Lipinski definition) is 2. The van der Waals surface area contributed by atoms with E-state index in [0.717, 1.165) is 11.4 Å². The van der Waals surface area contributed by atoms with Crippen LogP contribution in [0.25, 0.3) is 11.4 Å². The van der Waals surface area contributed by atoms with Crippen LogP contribution in [0.1, 0.15) is 13.8 Å². The molecule has 2 rings (SSSR count). The Balaban J connectivity index is 0.000000461. The van der Waals surface area contributed by atoms with Gasteiger partial charge in [-0.3, -0.25) is 4.98 Å². The number of rotatable bonds is 1. The van der Waals surface area contributed by atoms with Crippen molar-refractivity contribution in [1.29, 1.82) is 0 Å². The molecule has 0 aliphatic heterocycles. The fourth-order valence-corrected chi connectivity index (χ4v) is 1.14. The molecule has 2 aromatic rings. The van der Waals surface area contributed by atoms with Crippen molar-refractivity contribution in [2.24, 2.45) is 7.05 Å². The van der Waals surface area contributed by atoms with Gasteiger partial charge in [0.1, 0.15) is 5.82 Å². The molecule has 2 aromatic heterocycles. The van der Waals surface area contributed by atoms with E-state index in [1.165, 1.54) is 0 Å². The second-order valence-electron chi connectivity index (χ2n) is 2.60. The Labute approximate surface area is 84.4 Å². The minimum absolute atomic E-state index is 0.970. The van der Waals surface area contributed by atoms with Gasteiger partial charge in [-0.1, -0.05) is 13.8 Å². The van der Waals surface area contributed by atoms with E-state index in [9.17, 15) is 0 Å². The fourth-order valence-electron chi connectivity index (χ4n) is 1.14. The maximum atomic E-state index is 4.22. The smallest absolute Gasteiger partial charge is 0.139 e. The second kappa shape index (κ2) is 5.17. The molecular formula is C11H15N3. The lowest BCUT2D eigenvalue weighted by Crippen LogP contribution is -1.90. The van der Waals surface area contributed by atoms with E-state index in [1.54, 1.807) is 18.6 Å². The van der Waals surface area contributed by atoms with Gasteiger partial charge in [-0.05, 0) is 12.1 Å². The molecule has 0 saturated carbocycles. The van der Waals surface area contributed by atoms with Gasteiger partial charge in [0.05, 0.1) is 0 Å². The van der Waals surface area contributed by atoms with E-state index < -0.39 is 0 Å². The van der Waals surface area contributed by atoms with Crippen LogP contribution in [0.2, 0.25) is 0 Å². The molecule has 0 fully saturated rings. The Morgan fingerprint density at radius 2 is 1.71 bits per heavy atom. The van der Waals surface area contributed by atoms with Crippen LogP contribution < -0.4 is 0 Å². The van der Waals surface area contributed by atoms with Gasteiger partial charge in [0.15, 0.2) is 0 Å². The molecule has 14 heavy (non-hydrogen) atoms. The molecule has 0 unspecified atom stereocenters. The second-order valence-corrected chi connectivity index (χ2v) is 2.60. The monoisotopic (exact) mass is 189 g/mol. The molecule has 2 heterocycles. The van der Waals surface area contributed by atoms with Crippen LogP contribution in [0.3, 0.4) is 0 Å². The predicted molar refractivity (Wildman–Crippen MR) is 57.8 cm³/mol. The zero-order chi connectivity index (χ0) is 10.4. The summed E-state index contributed by atoms with van der Waals surface area (Å²) in [6, 6.07) is 3.89. The number of hydrogen-bond donors (Lipinski definition) is 0. The van der Waals surface area contributed by atoms with Crippen LogP contribution in [0.15, 0.2) is 36.9 Å². The van der Waals surface area contributed by atoms with Crippen molar-refractivity contribution in [3.63, 3.8) is 0 Å². The number of nitrogens with zero attached hydrogens (tertiary/aromatic N) is 3. The highest BCUT2D eigenvalue weighted by Gasteiger charge is 2.00. The van der Waals surface area contributed by atoms with Gasteiger partial charge in [-0.15, -0.1) is 0 Å². The van der Waals surface area contributed by atoms with Crippen LogP contribution in [-0.2, 0) is 7.05 Å². The highest BCUT2D eigenvalue weighted by atomic mass is 15.0. The highest BCUT2D eigenvalue weighted by Crippen LogP contribution is 2.13. The molecule has 0 amide bonds. The maximum absolute atomic E-state index is 4.22. The molecule has 0 spiro atoms. The first-order chi connectivity index (χ1) is 6.88.